The number of rotatable bonds is 11. The van der Waals surface area contributed by atoms with E-state index in [1.807, 2.05) is 18.2 Å². The van der Waals surface area contributed by atoms with Crippen molar-refractivity contribution in [3.05, 3.63) is 88.0 Å². The molecule has 0 heterocycles. The van der Waals surface area contributed by atoms with Gasteiger partial charge in [-0.3, -0.25) is 13.9 Å². The van der Waals surface area contributed by atoms with E-state index in [4.69, 9.17) is 4.74 Å². The zero-order chi connectivity index (χ0) is 29.4. The first-order valence-electron chi connectivity index (χ1n) is 13.7. The average Bonchev–Trinajstić information content (AvgIpc) is 2.99. The smallest absolute Gasteiger partial charge is 0.264 e. The van der Waals surface area contributed by atoms with E-state index in [-0.39, 0.29) is 23.4 Å². The molecule has 8 nitrogen and oxygen atoms in total. The number of benzene rings is 3. The van der Waals surface area contributed by atoms with Gasteiger partial charge in [0.05, 0.1) is 17.7 Å². The molecule has 0 spiro atoms. The molecule has 1 N–H and O–H groups in total. The van der Waals surface area contributed by atoms with Crippen molar-refractivity contribution in [3.8, 4) is 5.75 Å². The minimum absolute atomic E-state index is 0.0776. The maximum atomic E-state index is 14.1. The summed E-state index contributed by atoms with van der Waals surface area (Å²) in [5.41, 5.74) is 1.13. The molecule has 3 aromatic carbocycles. The Kier molecular flexibility index (Phi) is 10.7. The number of hydrogen-bond donors (Lipinski definition) is 1. The van der Waals surface area contributed by atoms with E-state index >= 15 is 0 Å². The predicted octanol–water partition coefficient (Wildman–Crippen LogP) is 5.36. The lowest BCUT2D eigenvalue weighted by molar-refractivity contribution is -0.139. The van der Waals surface area contributed by atoms with Gasteiger partial charge < -0.3 is 15.0 Å². The van der Waals surface area contributed by atoms with Crippen LogP contribution in [0.15, 0.2) is 83.8 Å². The summed E-state index contributed by atoms with van der Waals surface area (Å²) in [6.07, 6.45) is 5.12. The number of nitrogens with zero attached hydrogens (tertiary/aromatic N) is 2. The zero-order valence-corrected chi connectivity index (χ0v) is 26.3. The van der Waals surface area contributed by atoms with Crippen molar-refractivity contribution in [1.29, 1.82) is 0 Å². The van der Waals surface area contributed by atoms with Crippen molar-refractivity contribution in [2.24, 2.45) is 0 Å². The molecule has 1 fully saturated rings. The largest absolute Gasteiger partial charge is 0.497 e. The van der Waals surface area contributed by atoms with Crippen LogP contribution in [-0.4, -0.2) is 50.9 Å². The van der Waals surface area contributed by atoms with Crippen molar-refractivity contribution < 1.29 is 22.7 Å². The van der Waals surface area contributed by atoms with E-state index in [1.165, 1.54) is 17.0 Å². The summed E-state index contributed by atoms with van der Waals surface area (Å²) < 4.78 is 35.1. The summed E-state index contributed by atoms with van der Waals surface area (Å²) in [4.78, 5) is 29.0. The fourth-order valence-electron chi connectivity index (χ4n) is 4.97. The van der Waals surface area contributed by atoms with Gasteiger partial charge in [0.25, 0.3) is 10.0 Å². The Balaban J connectivity index is 1.67. The average molecular weight is 690 g/mol. The Morgan fingerprint density at radius 1 is 0.976 bits per heavy atom. The number of hydrogen-bond acceptors (Lipinski definition) is 5. The second-order valence-corrected chi connectivity index (χ2v) is 13.3. The minimum atomic E-state index is -4.08. The van der Waals surface area contributed by atoms with Gasteiger partial charge in [0.2, 0.25) is 11.8 Å². The lowest BCUT2D eigenvalue weighted by atomic mass is 9.95. The van der Waals surface area contributed by atoms with Gasteiger partial charge in [-0.1, -0.05) is 49.6 Å². The van der Waals surface area contributed by atoms with Crippen LogP contribution in [0, 0.1) is 3.57 Å². The highest BCUT2D eigenvalue weighted by atomic mass is 127. The quantitative estimate of drug-likeness (QED) is 0.274. The van der Waals surface area contributed by atoms with E-state index < -0.39 is 28.5 Å². The molecule has 4 rings (SSSR count). The third kappa shape index (κ3) is 8.00. The highest BCUT2D eigenvalue weighted by molar-refractivity contribution is 14.1. The van der Waals surface area contributed by atoms with Crippen LogP contribution in [0.1, 0.15) is 44.6 Å². The fraction of sp³-hybridized carbons (Fsp3) is 0.355. The number of anilines is 1. The lowest BCUT2D eigenvalue weighted by Gasteiger charge is -2.33. The Labute approximate surface area is 256 Å². The van der Waals surface area contributed by atoms with Gasteiger partial charge in [0.15, 0.2) is 0 Å². The first kappa shape index (κ1) is 30.8. The molecule has 3 aromatic rings. The molecule has 218 valence electrons. The molecule has 1 atom stereocenters. The monoisotopic (exact) mass is 689 g/mol. The van der Waals surface area contributed by atoms with E-state index in [1.54, 1.807) is 62.6 Å². The van der Waals surface area contributed by atoms with Crippen LogP contribution in [0.25, 0.3) is 0 Å². The maximum Gasteiger partial charge on any atom is 0.264 e. The maximum absolute atomic E-state index is 14.1. The second kappa shape index (κ2) is 14.2. The van der Waals surface area contributed by atoms with Crippen LogP contribution >= 0.6 is 22.6 Å². The predicted molar refractivity (Wildman–Crippen MR) is 168 cm³/mol. The number of nitrogens with one attached hydrogen (secondary N) is 1. The molecular formula is C31H36IN3O5S. The number of sulfonamides is 1. The molecule has 0 aliphatic heterocycles. The molecule has 0 radical (unpaired) electrons. The van der Waals surface area contributed by atoms with E-state index in [0.29, 0.717) is 11.4 Å². The third-order valence-corrected chi connectivity index (χ3v) is 9.84. The zero-order valence-electron chi connectivity index (χ0n) is 23.3. The second-order valence-electron chi connectivity index (χ2n) is 10.2. The number of amides is 2. The molecule has 2 amide bonds. The van der Waals surface area contributed by atoms with Gasteiger partial charge in [-0.25, -0.2) is 8.42 Å². The van der Waals surface area contributed by atoms with Crippen molar-refractivity contribution in [1.82, 2.24) is 10.2 Å². The van der Waals surface area contributed by atoms with Crippen molar-refractivity contribution in [2.75, 3.05) is 18.0 Å². The van der Waals surface area contributed by atoms with E-state index in [9.17, 15) is 18.0 Å². The van der Waals surface area contributed by atoms with Gasteiger partial charge in [-0.05, 0) is 96.5 Å². The van der Waals surface area contributed by atoms with Crippen LogP contribution in [0.5, 0.6) is 5.75 Å². The Morgan fingerprint density at radius 2 is 1.66 bits per heavy atom. The van der Waals surface area contributed by atoms with Crippen LogP contribution in [0.3, 0.4) is 0 Å². The van der Waals surface area contributed by atoms with Gasteiger partial charge in [0, 0.05) is 16.2 Å². The van der Waals surface area contributed by atoms with Crippen molar-refractivity contribution >= 4 is 50.1 Å². The number of methoxy groups -OCH3 is 1. The standard InChI is InChI=1S/C31H36IN3O5S/c1-23(31(37)33-26-11-5-3-6-12-26)34(21-24-10-9-13-28(20-24)40-2)30(36)22-35(27-18-16-25(32)17-19-27)41(38,39)29-14-7-4-8-15-29/h4,7-10,13-20,23,26H,3,5-6,11-12,21-22H2,1-2H3,(H,33,37)/t23-/m0/s1. The van der Waals surface area contributed by atoms with Gasteiger partial charge in [0.1, 0.15) is 18.3 Å². The molecular weight excluding hydrogens is 653 g/mol. The van der Waals surface area contributed by atoms with Gasteiger partial charge in [-0.15, -0.1) is 0 Å². The van der Waals surface area contributed by atoms with Crippen molar-refractivity contribution in [3.63, 3.8) is 0 Å². The van der Waals surface area contributed by atoms with E-state index in [2.05, 4.69) is 27.9 Å². The summed E-state index contributed by atoms with van der Waals surface area (Å²) in [5, 5.41) is 3.12. The highest BCUT2D eigenvalue weighted by Gasteiger charge is 2.33. The molecule has 1 aliphatic carbocycles. The highest BCUT2D eigenvalue weighted by Crippen LogP contribution is 2.26. The Morgan fingerprint density at radius 3 is 2.32 bits per heavy atom. The number of ether oxygens (including phenoxy) is 1. The first-order chi connectivity index (χ1) is 19.7. The van der Waals surface area contributed by atoms with Crippen LogP contribution in [0.2, 0.25) is 0 Å². The summed E-state index contributed by atoms with van der Waals surface area (Å²) in [6.45, 7) is 1.33. The van der Waals surface area contributed by atoms with Gasteiger partial charge >= 0.3 is 0 Å². The third-order valence-electron chi connectivity index (χ3n) is 7.33. The fourth-order valence-corrected chi connectivity index (χ4v) is 6.77. The molecule has 10 heteroatoms. The first-order valence-corrected chi connectivity index (χ1v) is 16.3. The minimum Gasteiger partial charge on any atom is -0.497 e. The molecule has 1 aliphatic rings. The summed E-state index contributed by atoms with van der Waals surface area (Å²) in [6, 6.07) is 21.5. The number of carbonyl (C=O) groups is 2. The molecule has 41 heavy (non-hydrogen) atoms. The lowest BCUT2D eigenvalue weighted by Crippen LogP contribution is -2.53. The Bertz CT molecular complexity index is 1430. The molecule has 0 saturated heterocycles. The molecule has 0 unspecified atom stereocenters. The molecule has 0 bridgehead atoms. The van der Waals surface area contributed by atoms with Gasteiger partial charge in [-0.2, -0.15) is 0 Å². The Hall–Kier alpha value is -3.12. The normalized spacial score (nSPS) is 14.6. The summed E-state index contributed by atoms with van der Waals surface area (Å²) in [5.74, 6) is -0.113. The molecule has 1 saturated carbocycles. The van der Waals surface area contributed by atoms with E-state index in [0.717, 1.165) is 45.5 Å². The van der Waals surface area contributed by atoms with Crippen LogP contribution < -0.4 is 14.4 Å². The van der Waals surface area contributed by atoms with Crippen LogP contribution in [-0.2, 0) is 26.2 Å². The SMILES string of the molecule is COc1cccc(CN(C(=O)CN(c2ccc(I)cc2)S(=O)(=O)c2ccccc2)[C@@H](C)C(=O)NC2CCCCC2)c1. The number of halogens is 1. The molecule has 0 aromatic heterocycles. The summed E-state index contributed by atoms with van der Waals surface area (Å²) >= 11 is 2.15. The van der Waals surface area contributed by atoms with Crippen LogP contribution in [0.4, 0.5) is 5.69 Å². The summed E-state index contributed by atoms with van der Waals surface area (Å²) in [7, 11) is -2.52. The topological polar surface area (TPSA) is 96.0 Å². The number of carbonyl (C=O) groups excluding carboxylic acids is 2. The van der Waals surface area contributed by atoms with Crippen molar-refractivity contribution in [2.45, 2.75) is 62.6 Å².